The van der Waals surface area contributed by atoms with Gasteiger partial charge in [-0.15, -0.1) is 0 Å². The molecule has 1 aromatic carbocycles. The predicted octanol–water partition coefficient (Wildman–Crippen LogP) is 2.42. The SMILES string of the molecule is COC(=O)c1cc(-c2ccccc2)nc2c1cnn2C. The van der Waals surface area contributed by atoms with E-state index in [-0.39, 0.29) is 5.97 Å². The summed E-state index contributed by atoms with van der Waals surface area (Å²) >= 11 is 0. The number of aryl methyl sites for hydroxylation is 1. The molecule has 0 N–H and O–H groups in total. The van der Waals surface area contributed by atoms with Crippen molar-refractivity contribution in [2.45, 2.75) is 0 Å². The second kappa shape index (κ2) is 4.77. The number of carbonyl (C=O) groups excluding carboxylic acids is 1. The highest BCUT2D eigenvalue weighted by atomic mass is 16.5. The van der Waals surface area contributed by atoms with Crippen LogP contribution in [0, 0.1) is 0 Å². The molecule has 0 aliphatic heterocycles. The van der Waals surface area contributed by atoms with E-state index in [0.717, 1.165) is 11.3 Å². The van der Waals surface area contributed by atoms with Gasteiger partial charge in [-0.05, 0) is 6.07 Å². The van der Waals surface area contributed by atoms with Gasteiger partial charge in [0.2, 0.25) is 0 Å². The maximum atomic E-state index is 11.9. The number of rotatable bonds is 2. The summed E-state index contributed by atoms with van der Waals surface area (Å²) in [6, 6.07) is 11.4. The van der Waals surface area contributed by atoms with Gasteiger partial charge in [-0.1, -0.05) is 30.3 Å². The molecule has 0 unspecified atom stereocenters. The average molecular weight is 267 g/mol. The molecular formula is C15H13N3O2. The largest absolute Gasteiger partial charge is 0.465 e. The minimum Gasteiger partial charge on any atom is -0.465 e. The lowest BCUT2D eigenvalue weighted by molar-refractivity contribution is 0.0603. The van der Waals surface area contributed by atoms with E-state index in [1.54, 1.807) is 24.0 Å². The van der Waals surface area contributed by atoms with Gasteiger partial charge in [0.15, 0.2) is 5.65 Å². The first-order valence-electron chi connectivity index (χ1n) is 6.17. The molecule has 0 aliphatic rings. The highest BCUT2D eigenvalue weighted by Gasteiger charge is 2.16. The monoisotopic (exact) mass is 267 g/mol. The van der Waals surface area contributed by atoms with Crippen molar-refractivity contribution in [2.24, 2.45) is 7.05 Å². The van der Waals surface area contributed by atoms with Crippen molar-refractivity contribution < 1.29 is 9.53 Å². The van der Waals surface area contributed by atoms with Crippen molar-refractivity contribution in [3.63, 3.8) is 0 Å². The number of pyridine rings is 1. The van der Waals surface area contributed by atoms with Crippen LogP contribution in [0.1, 0.15) is 10.4 Å². The standard InChI is InChI=1S/C15H13N3O2/c1-18-14-12(9-16-18)11(15(19)20-2)8-13(17-14)10-6-4-3-5-7-10/h3-9H,1-2H3. The maximum absolute atomic E-state index is 11.9. The molecule has 0 radical (unpaired) electrons. The molecule has 2 heterocycles. The number of hydrogen-bond acceptors (Lipinski definition) is 4. The zero-order chi connectivity index (χ0) is 14.1. The Kier molecular flexibility index (Phi) is 2.95. The number of nitrogens with zero attached hydrogens (tertiary/aromatic N) is 3. The minimum absolute atomic E-state index is 0.386. The lowest BCUT2D eigenvalue weighted by atomic mass is 10.1. The summed E-state index contributed by atoms with van der Waals surface area (Å²) in [5.41, 5.74) is 2.80. The Morgan fingerprint density at radius 3 is 2.70 bits per heavy atom. The van der Waals surface area contributed by atoms with E-state index in [9.17, 15) is 4.79 Å². The van der Waals surface area contributed by atoms with Gasteiger partial charge in [-0.25, -0.2) is 9.78 Å². The summed E-state index contributed by atoms with van der Waals surface area (Å²) in [7, 11) is 3.16. The Labute approximate surface area is 115 Å². The van der Waals surface area contributed by atoms with Gasteiger partial charge < -0.3 is 4.74 Å². The van der Waals surface area contributed by atoms with Gasteiger partial charge in [0, 0.05) is 12.6 Å². The van der Waals surface area contributed by atoms with Gasteiger partial charge in [0.1, 0.15) is 0 Å². The number of fused-ring (bicyclic) bond motifs is 1. The number of ether oxygens (including phenoxy) is 1. The molecule has 0 amide bonds. The second-order valence-corrected chi connectivity index (χ2v) is 4.42. The van der Waals surface area contributed by atoms with Crippen molar-refractivity contribution in [3.8, 4) is 11.3 Å². The first kappa shape index (κ1) is 12.3. The second-order valence-electron chi connectivity index (χ2n) is 4.42. The summed E-state index contributed by atoms with van der Waals surface area (Å²) in [6.45, 7) is 0. The molecule has 20 heavy (non-hydrogen) atoms. The van der Waals surface area contributed by atoms with E-state index in [1.807, 2.05) is 30.3 Å². The van der Waals surface area contributed by atoms with Crippen LogP contribution in [0.5, 0.6) is 0 Å². The van der Waals surface area contributed by atoms with Gasteiger partial charge in [-0.3, -0.25) is 4.68 Å². The highest BCUT2D eigenvalue weighted by Crippen LogP contribution is 2.24. The van der Waals surface area contributed by atoms with Crippen molar-refractivity contribution >= 4 is 17.0 Å². The lowest BCUT2D eigenvalue weighted by Crippen LogP contribution is -2.04. The van der Waals surface area contributed by atoms with Gasteiger partial charge in [0.25, 0.3) is 0 Å². The third-order valence-electron chi connectivity index (χ3n) is 3.18. The van der Waals surface area contributed by atoms with Crippen LogP contribution >= 0.6 is 0 Å². The van der Waals surface area contributed by atoms with Crippen LogP contribution in [0.3, 0.4) is 0 Å². The quantitative estimate of drug-likeness (QED) is 0.669. The first-order valence-corrected chi connectivity index (χ1v) is 6.17. The summed E-state index contributed by atoms with van der Waals surface area (Å²) in [6.07, 6.45) is 1.63. The fraction of sp³-hybridized carbons (Fsp3) is 0.133. The first-order chi connectivity index (χ1) is 9.70. The highest BCUT2D eigenvalue weighted by molar-refractivity contribution is 6.03. The summed E-state index contributed by atoms with van der Waals surface area (Å²) in [5.74, 6) is -0.386. The molecule has 0 bridgehead atoms. The van der Waals surface area contributed by atoms with E-state index in [1.165, 1.54) is 7.11 Å². The maximum Gasteiger partial charge on any atom is 0.338 e. The molecule has 0 saturated carbocycles. The van der Waals surface area contributed by atoms with Crippen LogP contribution in [-0.4, -0.2) is 27.8 Å². The Morgan fingerprint density at radius 1 is 1.25 bits per heavy atom. The van der Waals surface area contributed by atoms with E-state index < -0.39 is 0 Å². The Bertz CT molecular complexity index is 778. The molecule has 0 atom stereocenters. The minimum atomic E-state index is -0.386. The number of esters is 1. The molecule has 0 spiro atoms. The van der Waals surface area contributed by atoms with E-state index in [0.29, 0.717) is 16.6 Å². The van der Waals surface area contributed by atoms with Crippen molar-refractivity contribution in [1.29, 1.82) is 0 Å². The number of benzene rings is 1. The Hall–Kier alpha value is -2.69. The normalized spacial score (nSPS) is 10.7. The molecule has 100 valence electrons. The average Bonchev–Trinajstić information content (AvgIpc) is 2.88. The molecule has 0 saturated heterocycles. The van der Waals surface area contributed by atoms with Crippen molar-refractivity contribution in [3.05, 3.63) is 48.2 Å². The van der Waals surface area contributed by atoms with Gasteiger partial charge >= 0.3 is 5.97 Å². The molecule has 5 nitrogen and oxygen atoms in total. The summed E-state index contributed by atoms with van der Waals surface area (Å²) < 4.78 is 6.49. The van der Waals surface area contributed by atoms with Crippen LogP contribution in [0.4, 0.5) is 0 Å². The summed E-state index contributed by atoms with van der Waals surface area (Å²) in [5, 5.41) is 4.85. The van der Waals surface area contributed by atoms with Crippen LogP contribution in [0.25, 0.3) is 22.3 Å². The molecule has 3 aromatic rings. The number of aromatic nitrogens is 3. The van der Waals surface area contributed by atoms with Crippen molar-refractivity contribution in [2.75, 3.05) is 7.11 Å². The van der Waals surface area contributed by atoms with E-state index >= 15 is 0 Å². The molecular weight excluding hydrogens is 254 g/mol. The Balaban J connectivity index is 2.29. The van der Waals surface area contributed by atoms with Crippen LogP contribution in [-0.2, 0) is 11.8 Å². The van der Waals surface area contributed by atoms with Crippen LogP contribution in [0.2, 0.25) is 0 Å². The fourth-order valence-electron chi connectivity index (χ4n) is 2.15. The van der Waals surface area contributed by atoms with Crippen LogP contribution < -0.4 is 0 Å². The number of hydrogen-bond donors (Lipinski definition) is 0. The molecule has 0 fully saturated rings. The molecule has 3 rings (SSSR count). The third-order valence-corrected chi connectivity index (χ3v) is 3.18. The van der Waals surface area contributed by atoms with E-state index in [4.69, 9.17) is 4.74 Å². The molecule has 0 aliphatic carbocycles. The van der Waals surface area contributed by atoms with Gasteiger partial charge in [0.05, 0.1) is 30.0 Å². The zero-order valence-electron chi connectivity index (χ0n) is 11.2. The molecule has 2 aromatic heterocycles. The molecule has 5 heteroatoms. The number of methoxy groups -OCH3 is 1. The van der Waals surface area contributed by atoms with E-state index in [2.05, 4.69) is 10.1 Å². The van der Waals surface area contributed by atoms with Gasteiger partial charge in [-0.2, -0.15) is 5.10 Å². The fourth-order valence-corrected chi connectivity index (χ4v) is 2.15. The zero-order valence-corrected chi connectivity index (χ0v) is 11.2. The lowest BCUT2D eigenvalue weighted by Gasteiger charge is -2.06. The third kappa shape index (κ3) is 1.93. The topological polar surface area (TPSA) is 57.0 Å². The summed E-state index contributed by atoms with van der Waals surface area (Å²) in [4.78, 5) is 16.5. The smallest absolute Gasteiger partial charge is 0.338 e. The van der Waals surface area contributed by atoms with Crippen LogP contribution in [0.15, 0.2) is 42.6 Å². The van der Waals surface area contributed by atoms with Crippen molar-refractivity contribution in [1.82, 2.24) is 14.8 Å². The number of carbonyl (C=O) groups is 1. The Morgan fingerprint density at radius 2 is 2.00 bits per heavy atom. The predicted molar refractivity (Wildman–Crippen MR) is 75.3 cm³/mol.